The van der Waals surface area contributed by atoms with Crippen molar-refractivity contribution in [2.75, 3.05) is 19.8 Å². The molecule has 7 heteroatoms. The zero-order valence-electron chi connectivity index (χ0n) is 8.88. The van der Waals surface area contributed by atoms with Gasteiger partial charge in [-0.3, -0.25) is 0 Å². The predicted octanol–water partition coefficient (Wildman–Crippen LogP) is 1.31. The van der Waals surface area contributed by atoms with Gasteiger partial charge in [0.2, 0.25) is 0 Å². The smallest absolute Gasteiger partial charge is 0.284 e. The summed E-state index contributed by atoms with van der Waals surface area (Å²) in [7, 11) is -0.332. The van der Waals surface area contributed by atoms with Crippen LogP contribution in [0.5, 0.6) is 0 Å². The van der Waals surface area contributed by atoms with Crippen molar-refractivity contribution >= 4 is 38.0 Å². The molecule has 0 fully saturated rings. The van der Waals surface area contributed by atoms with Gasteiger partial charge >= 0.3 is 0 Å². The van der Waals surface area contributed by atoms with Gasteiger partial charge in [0.15, 0.2) is 0 Å². The van der Waals surface area contributed by atoms with Gasteiger partial charge in [-0.25, -0.2) is 0 Å². The van der Waals surface area contributed by atoms with E-state index in [1.54, 1.807) is 26.2 Å². The number of rotatable bonds is 3. The molecule has 88 valence electrons. The molecule has 0 amide bonds. The molecule has 2 N–H and O–H groups in total. The lowest BCUT2D eigenvalue weighted by molar-refractivity contribution is 0.594. The molecule has 1 rings (SSSR count). The molecular weight excluding hydrogens is 294 g/mol. The van der Waals surface area contributed by atoms with Crippen LogP contribution in [0.4, 0.5) is 5.69 Å². The van der Waals surface area contributed by atoms with Gasteiger partial charge in [-0.15, -0.1) is 4.40 Å². The van der Waals surface area contributed by atoms with Crippen molar-refractivity contribution in [3.8, 4) is 0 Å². The molecule has 0 saturated heterocycles. The van der Waals surface area contributed by atoms with E-state index in [-0.39, 0.29) is 4.90 Å². The first-order valence-electron chi connectivity index (χ1n) is 4.35. The Balaban J connectivity index is 3.23. The Morgan fingerprint density at radius 3 is 2.62 bits per heavy atom. The van der Waals surface area contributed by atoms with Crippen LogP contribution in [-0.2, 0) is 10.0 Å². The fourth-order valence-corrected chi connectivity index (χ4v) is 2.84. The van der Waals surface area contributed by atoms with E-state index in [2.05, 4.69) is 20.3 Å². The Morgan fingerprint density at radius 1 is 1.44 bits per heavy atom. The average molecular weight is 306 g/mol. The second kappa shape index (κ2) is 4.84. The molecular formula is C9H12BrN3O2S. The maximum Gasteiger partial charge on any atom is 0.284 e. The number of hydrogen-bond donors (Lipinski definition) is 1. The third kappa shape index (κ3) is 2.96. The molecule has 0 heterocycles. The van der Waals surface area contributed by atoms with Crippen molar-refractivity contribution in [3.63, 3.8) is 0 Å². The summed E-state index contributed by atoms with van der Waals surface area (Å²) in [4.78, 5) is 1.60. The molecule has 0 aliphatic carbocycles. The van der Waals surface area contributed by atoms with E-state index in [0.29, 0.717) is 10.2 Å². The standard InChI is InChI=1S/C9H12BrN3O2S/c1-13(2)6-12-16(14,15)8-5-3-4-7(11)9(8)10/h3-6H,11H2,1-2H3. The van der Waals surface area contributed by atoms with Gasteiger partial charge in [-0.2, -0.15) is 8.42 Å². The minimum Gasteiger partial charge on any atom is -0.398 e. The van der Waals surface area contributed by atoms with Gasteiger partial charge in [0.1, 0.15) is 11.2 Å². The number of nitrogen functional groups attached to an aromatic ring is 1. The number of hydrogen-bond acceptors (Lipinski definition) is 3. The van der Waals surface area contributed by atoms with Crippen LogP contribution >= 0.6 is 15.9 Å². The molecule has 5 nitrogen and oxygen atoms in total. The Kier molecular flexibility index (Phi) is 3.93. The Morgan fingerprint density at radius 2 is 2.06 bits per heavy atom. The van der Waals surface area contributed by atoms with Crippen LogP contribution in [0.2, 0.25) is 0 Å². The molecule has 0 atom stereocenters. The SMILES string of the molecule is CN(C)C=NS(=O)(=O)c1cccc(N)c1Br. The predicted molar refractivity (Wildman–Crippen MR) is 67.9 cm³/mol. The summed E-state index contributed by atoms with van der Waals surface area (Å²) < 4.78 is 27.5. The lowest BCUT2D eigenvalue weighted by Crippen LogP contribution is -2.10. The number of halogens is 1. The first-order chi connectivity index (χ1) is 7.34. The van der Waals surface area contributed by atoms with Gasteiger partial charge < -0.3 is 10.6 Å². The second-order valence-electron chi connectivity index (χ2n) is 3.32. The highest BCUT2D eigenvalue weighted by atomic mass is 79.9. The second-order valence-corrected chi connectivity index (χ2v) is 5.71. The van der Waals surface area contributed by atoms with Gasteiger partial charge in [0, 0.05) is 19.8 Å². The van der Waals surface area contributed by atoms with Gasteiger partial charge in [-0.1, -0.05) is 6.07 Å². The molecule has 0 bridgehead atoms. The summed E-state index contributed by atoms with van der Waals surface area (Å²) in [6.07, 6.45) is 1.23. The lowest BCUT2D eigenvalue weighted by atomic mass is 10.3. The van der Waals surface area contributed by atoms with E-state index in [0.717, 1.165) is 0 Å². The lowest BCUT2D eigenvalue weighted by Gasteiger charge is -2.06. The van der Waals surface area contributed by atoms with Crippen LogP contribution in [0.1, 0.15) is 0 Å². The molecule has 0 saturated carbocycles. The third-order valence-corrected chi connectivity index (χ3v) is 4.10. The van der Waals surface area contributed by atoms with Crippen LogP contribution < -0.4 is 5.73 Å². The topological polar surface area (TPSA) is 75.8 Å². The van der Waals surface area contributed by atoms with Crippen LogP contribution in [0, 0.1) is 0 Å². The first kappa shape index (κ1) is 13.0. The minimum atomic E-state index is -3.71. The summed E-state index contributed by atoms with van der Waals surface area (Å²) >= 11 is 3.13. The fourth-order valence-electron chi connectivity index (χ4n) is 0.940. The van der Waals surface area contributed by atoms with Gasteiger partial charge in [0.25, 0.3) is 10.0 Å². The average Bonchev–Trinajstić information content (AvgIpc) is 2.19. The Hall–Kier alpha value is -1.08. The van der Waals surface area contributed by atoms with Crippen LogP contribution in [0.25, 0.3) is 0 Å². The molecule has 1 aromatic carbocycles. The fraction of sp³-hybridized carbons (Fsp3) is 0.222. The van der Waals surface area contributed by atoms with E-state index in [4.69, 9.17) is 5.73 Å². The zero-order chi connectivity index (χ0) is 12.3. The molecule has 0 aromatic heterocycles. The van der Waals surface area contributed by atoms with E-state index in [1.807, 2.05) is 0 Å². The number of benzene rings is 1. The molecule has 0 radical (unpaired) electrons. The van der Waals surface area contributed by atoms with Crippen molar-refractivity contribution in [1.29, 1.82) is 0 Å². The normalized spacial score (nSPS) is 11.9. The third-order valence-electron chi connectivity index (χ3n) is 1.69. The maximum absolute atomic E-state index is 11.8. The molecule has 0 unspecified atom stereocenters. The van der Waals surface area contributed by atoms with E-state index < -0.39 is 10.0 Å². The van der Waals surface area contributed by atoms with Crippen molar-refractivity contribution in [2.45, 2.75) is 4.90 Å². The molecule has 0 aliphatic heterocycles. The van der Waals surface area contributed by atoms with E-state index >= 15 is 0 Å². The Bertz CT molecular complexity index is 511. The van der Waals surface area contributed by atoms with Crippen LogP contribution in [-0.4, -0.2) is 33.8 Å². The maximum atomic E-state index is 11.8. The van der Waals surface area contributed by atoms with Gasteiger partial charge in [0.05, 0.1) is 4.47 Å². The number of sulfonamides is 1. The summed E-state index contributed by atoms with van der Waals surface area (Å²) in [6.45, 7) is 0. The van der Waals surface area contributed by atoms with E-state index in [9.17, 15) is 8.42 Å². The quantitative estimate of drug-likeness (QED) is 0.519. The summed E-state index contributed by atoms with van der Waals surface area (Å²) in [6, 6.07) is 4.62. The highest BCUT2D eigenvalue weighted by Crippen LogP contribution is 2.28. The summed E-state index contributed by atoms with van der Waals surface area (Å²) in [5.74, 6) is 0. The van der Waals surface area contributed by atoms with Crippen molar-refractivity contribution in [3.05, 3.63) is 22.7 Å². The van der Waals surface area contributed by atoms with Crippen molar-refractivity contribution < 1.29 is 8.42 Å². The van der Waals surface area contributed by atoms with E-state index in [1.165, 1.54) is 17.3 Å². The number of nitrogens with two attached hydrogens (primary N) is 1. The molecule has 16 heavy (non-hydrogen) atoms. The summed E-state index contributed by atoms with van der Waals surface area (Å²) in [5.41, 5.74) is 5.96. The molecule has 0 aliphatic rings. The van der Waals surface area contributed by atoms with Crippen LogP contribution in [0.15, 0.2) is 32.0 Å². The van der Waals surface area contributed by atoms with Crippen LogP contribution in [0.3, 0.4) is 0 Å². The monoisotopic (exact) mass is 305 g/mol. The first-order valence-corrected chi connectivity index (χ1v) is 6.59. The molecule has 0 spiro atoms. The Labute approximate surface area is 103 Å². The number of anilines is 1. The highest BCUT2D eigenvalue weighted by molar-refractivity contribution is 9.10. The van der Waals surface area contributed by atoms with Crippen molar-refractivity contribution in [2.24, 2.45) is 4.40 Å². The highest BCUT2D eigenvalue weighted by Gasteiger charge is 2.17. The summed E-state index contributed by atoms with van der Waals surface area (Å²) in [5, 5.41) is 0. The largest absolute Gasteiger partial charge is 0.398 e. The van der Waals surface area contributed by atoms with Gasteiger partial charge in [-0.05, 0) is 28.1 Å². The minimum absolute atomic E-state index is 0.0607. The molecule has 1 aromatic rings. The zero-order valence-corrected chi connectivity index (χ0v) is 11.3. The van der Waals surface area contributed by atoms with Crippen molar-refractivity contribution in [1.82, 2.24) is 4.90 Å². The number of nitrogens with zero attached hydrogens (tertiary/aromatic N) is 2.